The van der Waals surface area contributed by atoms with E-state index in [9.17, 15) is 5.11 Å². The number of aryl methyl sites for hydroxylation is 1. The normalized spacial score (nSPS) is 12.6. The molecule has 0 aliphatic heterocycles. The molecule has 1 unspecified atom stereocenters. The molecule has 72 valence electrons. The van der Waals surface area contributed by atoms with Gasteiger partial charge in [-0.2, -0.15) is 0 Å². The monoisotopic (exact) mass is 181 g/mol. The Balaban J connectivity index is 3.05. The predicted molar refractivity (Wildman–Crippen MR) is 50.8 cm³/mol. The lowest BCUT2D eigenvalue weighted by atomic mass is 10.1. The van der Waals surface area contributed by atoms with Gasteiger partial charge < -0.3 is 9.84 Å². The Labute approximate surface area is 78.4 Å². The first-order valence-electron chi connectivity index (χ1n) is 4.38. The SMILES string of the molecule is CCC(O)c1ccc(C)nc1OC. The number of aliphatic hydroxyl groups is 1. The van der Waals surface area contributed by atoms with Crippen molar-refractivity contribution >= 4 is 0 Å². The van der Waals surface area contributed by atoms with Gasteiger partial charge in [-0.1, -0.05) is 6.92 Å². The van der Waals surface area contributed by atoms with Crippen LogP contribution in [0, 0.1) is 6.92 Å². The summed E-state index contributed by atoms with van der Waals surface area (Å²) >= 11 is 0. The summed E-state index contributed by atoms with van der Waals surface area (Å²) in [6, 6.07) is 3.73. The highest BCUT2D eigenvalue weighted by atomic mass is 16.5. The number of ether oxygens (including phenoxy) is 1. The van der Waals surface area contributed by atoms with Crippen LogP contribution in [-0.2, 0) is 0 Å². The molecule has 1 N–H and O–H groups in total. The van der Waals surface area contributed by atoms with E-state index in [0.717, 1.165) is 11.3 Å². The maximum absolute atomic E-state index is 9.61. The molecule has 13 heavy (non-hydrogen) atoms. The third-order valence-corrected chi connectivity index (χ3v) is 1.97. The zero-order chi connectivity index (χ0) is 9.84. The summed E-state index contributed by atoms with van der Waals surface area (Å²) < 4.78 is 5.08. The molecule has 0 aliphatic rings. The molecule has 0 radical (unpaired) electrons. The standard InChI is InChI=1S/C10H15NO2/c1-4-9(12)8-6-5-7(2)11-10(8)13-3/h5-6,9,12H,4H2,1-3H3. The first-order chi connectivity index (χ1) is 6.19. The molecule has 1 atom stereocenters. The van der Waals surface area contributed by atoms with Crippen molar-refractivity contribution < 1.29 is 9.84 Å². The van der Waals surface area contributed by atoms with E-state index >= 15 is 0 Å². The van der Waals surface area contributed by atoms with Crippen LogP contribution in [0.4, 0.5) is 0 Å². The number of methoxy groups -OCH3 is 1. The Hall–Kier alpha value is -1.09. The fraction of sp³-hybridized carbons (Fsp3) is 0.500. The van der Waals surface area contributed by atoms with Gasteiger partial charge in [-0.05, 0) is 25.5 Å². The van der Waals surface area contributed by atoms with Crippen LogP contribution in [-0.4, -0.2) is 17.2 Å². The van der Waals surface area contributed by atoms with Gasteiger partial charge in [-0.3, -0.25) is 0 Å². The van der Waals surface area contributed by atoms with E-state index in [0.29, 0.717) is 12.3 Å². The van der Waals surface area contributed by atoms with E-state index < -0.39 is 6.10 Å². The van der Waals surface area contributed by atoms with E-state index in [1.807, 2.05) is 26.0 Å². The molecule has 3 heteroatoms. The number of hydrogen-bond donors (Lipinski definition) is 1. The average Bonchev–Trinajstić information content (AvgIpc) is 2.16. The second-order valence-electron chi connectivity index (χ2n) is 2.98. The maximum atomic E-state index is 9.61. The van der Waals surface area contributed by atoms with Crippen molar-refractivity contribution in [3.8, 4) is 5.88 Å². The van der Waals surface area contributed by atoms with Crippen molar-refractivity contribution in [3.05, 3.63) is 23.4 Å². The van der Waals surface area contributed by atoms with Crippen molar-refractivity contribution in [1.29, 1.82) is 0 Å². The summed E-state index contributed by atoms with van der Waals surface area (Å²) in [6.45, 7) is 3.81. The second kappa shape index (κ2) is 4.23. The smallest absolute Gasteiger partial charge is 0.219 e. The van der Waals surface area contributed by atoms with Crippen LogP contribution in [0.3, 0.4) is 0 Å². The lowest BCUT2D eigenvalue weighted by Crippen LogP contribution is -2.01. The van der Waals surface area contributed by atoms with Gasteiger partial charge in [0.05, 0.1) is 13.2 Å². The molecule has 1 aromatic rings. The van der Waals surface area contributed by atoms with E-state index in [-0.39, 0.29) is 0 Å². The van der Waals surface area contributed by atoms with Crippen molar-refractivity contribution in [1.82, 2.24) is 4.98 Å². The van der Waals surface area contributed by atoms with Crippen LogP contribution in [0.15, 0.2) is 12.1 Å². The molecule has 0 spiro atoms. The van der Waals surface area contributed by atoms with Crippen LogP contribution in [0.2, 0.25) is 0 Å². The third kappa shape index (κ3) is 2.18. The molecule has 0 saturated heterocycles. The molecule has 0 bridgehead atoms. The Bertz CT molecular complexity index is 286. The summed E-state index contributed by atoms with van der Waals surface area (Å²) in [7, 11) is 1.56. The Morgan fingerprint density at radius 2 is 2.23 bits per heavy atom. The molecule has 1 heterocycles. The van der Waals surface area contributed by atoms with Gasteiger partial charge in [-0.15, -0.1) is 0 Å². The minimum absolute atomic E-state index is 0.483. The fourth-order valence-corrected chi connectivity index (χ4v) is 1.18. The van der Waals surface area contributed by atoms with Gasteiger partial charge in [0, 0.05) is 11.3 Å². The van der Waals surface area contributed by atoms with Crippen molar-refractivity contribution in [3.63, 3.8) is 0 Å². The zero-order valence-electron chi connectivity index (χ0n) is 8.24. The zero-order valence-corrected chi connectivity index (χ0v) is 8.24. The first kappa shape index (κ1) is 9.99. The molecule has 0 saturated carbocycles. The Morgan fingerprint density at radius 1 is 1.54 bits per heavy atom. The molecular weight excluding hydrogens is 166 g/mol. The summed E-state index contributed by atoms with van der Waals surface area (Å²) in [6.07, 6.45) is 0.184. The number of rotatable bonds is 3. The first-order valence-corrected chi connectivity index (χ1v) is 4.38. The highest BCUT2D eigenvalue weighted by Crippen LogP contribution is 2.24. The van der Waals surface area contributed by atoms with E-state index in [1.54, 1.807) is 7.11 Å². The molecule has 0 fully saturated rings. The molecule has 1 rings (SSSR count). The minimum atomic E-state index is -0.483. The average molecular weight is 181 g/mol. The van der Waals surface area contributed by atoms with Crippen LogP contribution in [0.25, 0.3) is 0 Å². The van der Waals surface area contributed by atoms with Crippen molar-refractivity contribution in [2.75, 3.05) is 7.11 Å². The topological polar surface area (TPSA) is 42.4 Å². The van der Waals surface area contributed by atoms with Crippen LogP contribution < -0.4 is 4.74 Å². The van der Waals surface area contributed by atoms with Crippen LogP contribution in [0.1, 0.15) is 30.7 Å². The summed E-state index contributed by atoms with van der Waals surface area (Å²) in [5.41, 5.74) is 1.65. The second-order valence-corrected chi connectivity index (χ2v) is 2.98. The Morgan fingerprint density at radius 3 is 2.77 bits per heavy atom. The lowest BCUT2D eigenvalue weighted by Gasteiger charge is -2.12. The van der Waals surface area contributed by atoms with Gasteiger partial charge in [-0.25, -0.2) is 4.98 Å². The number of aliphatic hydroxyl groups excluding tert-OH is 1. The molecule has 1 aromatic heterocycles. The van der Waals surface area contributed by atoms with E-state index in [1.165, 1.54) is 0 Å². The van der Waals surface area contributed by atoms with Gasteiger partial charge in [0.1, 0.15) is 0 Å². The van der Waals surface area contributed by atoms with E-state index in [4.69, 9.17) is 4.74 Å². The molecule has 3 nitrogen and oxygen atoms in total. The molecular formula is C10H15NO2. The van der Waals surface area contributed by atoms with Crippen molar-refractivity contribution in [2.24, 2.45) is 0 Å². The summed E-state index contributed by atoms with van der Waals surface area (Å²) in [4.78, 5) is 4.18. The van der Waals surface area contributed by atoms with Gasteiger partial charge in [0.2, 0.25) is 5.88 Å². The van der Waals surface area contributed by atoms with Crippen molar-refractivity contribution in [2.45, 2.75) is 26.4 Å². The number of pyridine rings is 1. The third-order valence-electron chi connectivity index (χ3n) is 1.97. The van der Waals surface area contributed by atoms with Gasteiger partial charge in [0.15, 0.2) is 0 Å². The Kier molecular flexibility index (Phi) is 3.25. The fourth-order valence-electron chi connectivity index (χ4n) is 1.18. The van der Waals surface area contributed by atoms with E-state index in [2.05, 4.69) is 4.98 Å². The number of hydrogen-bond acceptors (Lipinski definition) is 3. The predicted octanol–water partition coefficient (Wildman–Crippen LogP) is 1.84. The quantitative estimate of drug-likeness (QED) is 0.773. The highest BCUT2D eigenvalue weighted by Gasteiger charge is 2.11. The van der Waals surface area contributed by atoms with Gasteiger partial charge >= 0.3 is 0 Å². The highest BCUT2D eigenvalue weighted by molar-refractivity contribution is 5.29. The van der Waals surface area contributed by atoms with Crippen LogP contribution in [0.5, 0.6) is 5.88 Å². The maximum Gasteiger partial charge on any atom is 0.219 e. The lowest BCUT2D eigenvalue weighted by molar-refractivity contribution is 0.168. The molecule has 0 amide bonds. The largest absolute Gasteiger partial charge is 0.481 e. The summed E-state index contributed by atoms with van der Waals surface area (Å²) in [5, 5.41) is 9.61. The number of nitrogens with zero attached hydrogens (tertiary/aromatic N) is 1. The number of aromatic nitrogens is 1. The minimum Gasteiger partial charge on any atom is -0.481 e. The summed E-state index contributed by atoms with van der Waals surface area (Å²) in [5.74, 6) is 0.523. The van der Waals surface area contributed by atoms with Crippen LogP contribution >= 0.6 is 0 Å². The molecule has 0 aromatic carbocycles. The molecule has 0 aliphatic carbocycles. The van der Waals surface area contributed by atoms with Gasteiger partial charge in [0.25, 0.3) is 0 Å².